The Kier molecular flexibility index (Phi) is 3.88. The van der Waals surface area contributed by atoms with E-state index in [9.17, 15) is 4.79 Å². The van der Waals surface area contributed by atoms with Gasteiger partial charge < -0.3 is 9.80 Å². The summed E-state index contributed by atoms with van der Waals surface area (Å²) in [6, 6.07) is 1.40. The summed E-state index contributed by atoms with van der Waals surface area (Å²) in [4.78, 5) is 16.0. The van der Waals surface area contributed by atoms with Gasteiger partial charge in [0.15, 0.2) is 0 Å². The molecule has 3 heterocycles. The molecule has 0 bridgehead atoms. The quantitative estimate of drug-likeness (QED) is 0.702. The topological polar surface area (TPSA) is 23.6 Å². The Labute approximate surface area is 111 Å². The van der Waals surface area contributed by atoms with Crippen LogP contribution in [0.15, 0.2) is 0 Å². The predicted molar refractivity (Wildman–Crippen MR) is 72.3 cm³/mol. The first kappa shape index (κ1) is 12.5. The molecule has 0 aliphatic carbocycles. The van der Waals surface area contributed by atoms with E-state index in [4.69, 9.17) is 0 Å². The predicted octanol–water partition coefficient (Wildman–Crippen LogP) is 2.26. The first-order valence-corrected chi connectivity index (χ1v) is 7.83. The fourth-order valence-electron chi connectivity index (χ4n) is 4.36. The van der Waals surface area contributed by atoms with Crippen LogP contribution in [-0.4, -0.2) is 47.9 Å². The largest absolute Gasteiger partial charge is 0.342 e. The van der Waals surface area contributed by atoms with Crippen LogP contribution in [0.1, 0.15) is 51.4 Å². The fourth-order valence-corrected chi connectivity index (χ4v) is 4.36. The van der Waals surface area contributed by atoms with E-state index in [0.717, 1.165) is 24.9 Å². The third kappa shape index (κ3) is 2.42. The minimum Gasteiger partial charge on any atom is -0.342 e. The molecular weight excluding hydrogens is 224 g/mol. The average molecular weight is 250 g/mol. The van der Waals surface area contributed by atoms with E-state index in [1.807, 2.05) is 0 Å². The van der Waals surface area contributed by atoms with E-state index in [2.05, 4.69) is 9.80 Å². The second-order valence-electron chi connectivity index (χ2n) is 6.39. The van der Waals surface area contributed by atoms with Gasteiger partial charge in [-0.3, -0.25) is 4.79 Å². The van der Waals surface area contributed by atoms with Gasteiger partial charge >= 0.3 is 0 Å². The summed E-state index contributed by atoms with van der Waals surface area (Å²) in [5.74, 6) is 0.741. The van der Waals surface area contributed by atoms with Gasteiger partial charge in [0.05, 0.1) is 0 Å². The van der Waals surface area contributed by atoms with Crippen molar-refractivity contribution in [2.75, 3.05) is 19.6 Å². The van der Waals surface area contributed by atoms with Gasteiger partial charge in [0.25, 0.3) is 0 Å². The van der Waals surface area contributed by atoms with Crippen LogP contribution in [0.25, 0.3) is 0 Å². The molecule has 0 spiro atoms. The highest BCUT2D eigenvalue weighted by Gasteiger charge is 2.36. The number of amides is 1. The van der Waals surface area contributed by atoms with E-state index < -0.39 is 0 Å². The Hall–Kier alpha value is -0.570. The lowest BCUT2D eigenvalue weighted by Crippen LogP contribution is -2.53. The van der Waals surface area contributed by atoms with Gasteiger partial charge in [-0.25, -0.2) is 0 Å². The Morgan fingerprint density at radius 1 is 0.889 bits per heavy atom. The third-order valence-electron chi connectivity index (χ3n) is 5.36. The van der Waals surface area contributed by atoms with Gasteiger partial charge in [-0.1, -0.05) is 6.42 Å². The second kappa shape index (κ2) is 5.60. The Morgan fingerprint density at radius 3 is 2.61 bits per heavy atom. The van der Waals surface area contributed by atoms with E-state index in [0.29, 0.717) is 6.04 Å². The molecule has 3 heteroatoms. The molecule has 1 amide bonds. The second-order valence-corrected chi connectivity index (χ2v) is 6.39. The van der Waals surface area contributed by atoms with E-state index in [-0.39, 0.29) is 0 Å². The molecule has 0 N–H and O–H groups in total. The summed E-state index contributed by atoms with van der Waals surface area (Å²) in [6.45, 7) is 3.54. The lowest BCUT2D eigenvalue weighted by molar-refractivity contribution is -0.123. The first-order valence-electron chi connectivity index (χ1n) is 7.83. The maximum absolute atomic E-state index is 11.2. The zero-order valence-electron chi connectivity index (χ0n) is 11.4. The van der Waals surface area contributed by atoms with Crippen LogP contribution in [0.5, 0.6) is 0 Å². The van der Waals surface area contributed by atoms with Crippen LogP contribution in [0, 0.1) is 5.92 Å². The molecule has 0 saturated carbocycles. The number of hydrogen-bond donors (Lipinski definition) is 0. The van der Waals surface area contributed by atoms with Gasteiger partial charge in [0.2, 0.25) is 6.41 Å². The molecule has 0 aromatic rings. The smallest absolute Gasteiger partial charge is 0.209 e. The molecule has 3 atom stereocenters. The molecule has 3 aliphatic rings. The van der Waals surface area contributed by atoms with E-state index >= 15 is 0 Å². The Bertz CT molecular complexity index is 294. The normalized spacial score (nSPS) is 38.2. The highest BCUT2D eigenvalue weighted by Crippen LogP contribution is 2.34. The number of piperidine rings is 3. The third-order valence-corrected chi connectivity index (χ3v) is 5.36. The van der Waals surface area contributed by atoms with Gasteiger partial charge in [-0.15, -0.1) is 0 Å². The van der Waals surface area contributed by atoms with Crippen LogP contribution in [0.2, 0.25) is 0 Å². The average Bonchev–Trinajstić information content (AvgIpc) is 2.46. The number of carbonyl (C=O) groups is 1. The number of rotatable bonds is 2. The molecule has 0 aromatic carbocycles. The number of nitrogens with zero attached hydrogens (tertiary/aromatic N) is 2. The van der Waals surface area contributed by atoms with Gasteiger partial charge in [0, 0.05) is 25.2 Å². The highest BCUT2D eigenvalue weighted by atomic mass is 16.1. The van der Waals surface area contributed by atoms with Crippen molar-refractivity contribution < 1.29 is 4.79 Å². The van der Waals surface area contributed by atoms with Gasteiger partial charge in [-0.2, -0.15) is 0 Å². The zero-order valence-corrected chi connectivity index (χ0v) is 11.4. The summed E-state index contributed by atoms with van der Waals surface area (Å²) in [5.41, 5.74) is 0. The Balaban J connectivity index is 1.63. The van der Waals surface area contributed by atoms with E-state index in [1.54, 1.807) is 0 Å². The lowest BCUT2D eigenvalue weighted by Gasteiger charge is -2.47. The summed E-state index contributed by atoms with van der Waals surface area (Å²) < 4.78 is 0. The van der Waals surface area contributed by atoms with Crippen LogP contribution in [-0.2, 0) is 4.79 Å². The van der Waals surface area contributed by atoms with Crippen molar-refractivity contribution in [1.82, 2.24) is 9.80 Å². The molecular formula is C15H26N2O. The Morgan fingerprint density at radius 2 is 1.72 bits per heavy atom. The standard InChI is InChI=1S/C15H26N2O/c18-12-17-10-4-2-6-15(17)13-7-8-14-5-1-3-9-16(14)11-13/h12-15H,1-11H2/t13?,14-,15?/m1/s1. The summed E-state index contributed by atoms with van der Waals surface area (Å²) in [5, 5.41) is 0. The van der Waals surface area contributed by atoms with Crippen LogP contribution >= 0.6 is 0 Å². The molecule has 0 radical (unpaired) electrons. The molecule has 3 fully saturated rings. The summed E-state index contributed by atoms with van der Waals surface area (Å²) in [7, 11) is 0. The van der Waals surface area contributed by atoms with Crippen molar-refractivity contribution in [3.63, 3.8) is 0 Å². The van der Waals surface area contributed by atoms with Crippen LogP contribution in [0.4, 0.5) is 0 Å². The van der Waals surface area contributed by atoms with Gasteiger partial charge in [0.1, 0.15) is 0 Å². The molecule has 3 nitrogen and oxygen atoms in total. The minimum atomic E-state index is 0.541. The van der Waals surface area contributed by atoms with Crippen molar-refractivity contribution >= 4 is 6.41 Å². The molecule has 102 valence electrons. The van der Waals surface area contributed by atoms with Crippen molar-refractivity contribution in [3.05, 3.63) is 0 Å². The molecule has 2 unspecified atom stereocenters. The summed E-state index contributed by atoms with van der Waals surface area (Å²) >= 11 is 0. The van der Waals surface area contributed by atoms with Crippen LogP contribution in [0.3, 0.4) is 0 Å². The highest BCUT2D eigenvalue weighted by molar-refractivity contribution is 5.48. The van der Waals surface area contributed by atoms with Crippen molar-refractivity contribution in [2.24, 2.45) is 5.92 Å². The molecule has 3 rings (SSSR count). The minimum absolute atomic E-state index is 0.541. The monoisotopic (exact) mass is 250 g/mol. The number of carbonyl (C=O) groups excluding carboxylic acids is 1. The lowest BCUT2D eigenvalue weighted by atomic mass is 9.81. The van der Waals surface area contributed by atoms with Crippen molar-refractivity contribution in [3.8, 4) is 0 Å². The molecule has 3 aliphatic heterocycles. The maximum Gasteiger partial charge on any atom is 0.209 e. The number of fused-ring (bicyclic) bond motifs is 1. The summed E-state index contributed by atoms with van der Waals surface area (Å²) in [6.07, 6.45) is 11.8. The van der Waals surface area contributed by atoms with Crippen molar-refractivity contribution in [1.29, 1.82) is 0 Å². The van der Waals surface area contributed by atoms with Crippen molar-refractivity contribution in [2.45, 2.75) is 63.5 Å². The van der Waals surface area contributed by atoms with E-state index in [1.165, 1.54) is 64.5 Å². The number of likely N-dealkylation sites (tertiary alicyclic amines) is 1. The SMILES string of the molecule is O=CN1CCCCC1C1CC[C@H]2CCCCN2C1. The number of hydrogen-bond acceptors (Lipinski definition) is 2. The maximum atomic E-state index is 11.2. The molecule has 18 heavy (non-hydrogen) atoms. The zero-order chi connectivity index (χ0) is 12.4. The molecule has 3 saturated heterocycles. The van der Waals surface area contributed by atoms with Crippen LogP contribution < -0.4 is 0 Å². The fraction of sp³-hybridized carbons (Fsp3) is 0.933. The first-order chi connectivity index (χ1) is 8.88. The van der Waals surface area contributed by atoms with Gasteiger partial charge in [-0.05, 0) is 57.4 Å². The molecule has 0 aromatic heterocycles.